The second-order valence-electron chi connectivity index (χ2n) is 7.85. The van der Waals surface area contributed by atoms with Crippen LogP contribution >= 0.6 is 0 Å². The van der Waals surface area contributed by atoms with Crippen molar-refractivity contribution in [3.8, 4) is 5.75 Å². The Morgan fingerprint density at radius 1 is 1.24 bits per heavy atom. The number of hydrogen-bond acceptors (Lipinski definition) is 7. The van der Waals surface area contributed by atoms with Crippen LogP contribution in [0.3, 0.4) is 0 Å². The fourth-order valence-corrected chi connectivity index (χ4v) is 3.87. The van der Waals surface area contributed by atoms with Crippen molar-refractivity contribution < 1.29 is 23.8 Å². The highest BCUT2D eigenvalue weighted by Gasteiger charge is 2.23. The topological polar surface area (TPSA) is 93.8 Å². The second-order valence-corrected chi connectivity index (χ2v) is 7.85. The molecule has 1 N–H and O–H groups in total. The van der Waals surface area contributed by atoms with Gasteiger partial charge in [0.15, 0.2) is 11.5 Å². The average molecular weight is 462 g/mol. The Morgan fingerprint density at radius 3 is 2.85 bits per heavy atom. The molecule has 0 saturated carbocycles. The standard InChI is InChI=1S/C26H27N3O5/c1-4-33-25(31)14-24(29-11-9-18-7-8-21(32-3)12-20(18)16-29)34-23(17(2)30)13-19-15-28-26-22(19)6-5-10-27-26/h5-8,10,12-15H,4,9,11,16H2,1-3H3,(H,27,28)/b23-13-,24-14+. The third kappa shape index (κ3) is 5.11. The number of fused-ring (bicyclic) bond motifs is 2. The van der Waals surface area contributed by atoms with Gasteiger partial charge >= 0.3 is 5.97 Å². The molecular weight excluding hydrogens is 434 g/mol. The summed E-state index contributed by atoms with van der Waals surface area (Å²) in [4.78, 5) is 34.2. The summed E-state index contributed by atoms with van der Waals surface area (Å²) in [6.07, 6.45) is 7.17. The van der Waals surface area contributed by atoms with E-state index in [9.17, 15) is 9.59 Å². The Labute approximate surface area is 197 Å². The summed E-state index contributed by atoms with van der Waals surface area (Å²) in [5, 5.41) is 0.861. The molecule has 1 aromatic carbocycles. The zero-order valence-corrected chi connectivity index (χ0v) is 19.5. The van der Waals surface area contributed by atoms with Gasteiger partial charge in [-0.3, -0.25) is 4.79 Å². The van der Waals surface area contributed by atoms with E-state index in [2.05, 4.69) is 9.97 Å². The molecule has 0 amide bonds. The predicted octanol–water partition coefficient (Wildman–Crippen LogP) is 3.98. The van der Waals surface area contributed by atoms with Crippen molar-refractivity contribution >= 4 is 28.9 Å². The van der Waals surface area contributed by atoms with Crippen LogP contribution in [0.4, 0.5) is 0 Å². The van der Waals surface area contributed by atoms with Crippen molar-refractivity contribution in [1.29, 1.82) is 0 Å². The molecule has 0 saturated heterocycles. The number of esters is 1. The van der Waals surface area contributed by atoms with Crippen LogP contribution in [-0.4, -0.2) is 46.9 Å². The number of nitrogens with zero attached hydrogens (tertiary/aromatic N) is 2. The molecule has 8 heteroatoms. The van der Waals surface area contributed by atoms with Crippen molar-refractivity contribution in [2.24, 2.45) is 0 Å². The Hall–Kier alpha value is -4.07. The number of benzene rings is 1. The SMILES string of the molecule is CCOC(=O)/C=C(/O/C(=C\c1c[nH]c2ncccc12)C(C)=O)N1CCc2ccc(OC)cc2C1. The number of aromatic nitrogens is 2. The smallest absolute Gasteiger partial charge is 0.336 e. The molecule has 0 aliphatic carbocycles. The summed E-state index contributed by atoms with van der Waals surface area (Å²) in [6.45, 7) is 4.52. The third-order valence-corrected chi connectivity index (χ3v) is 5.60. The normalized spacial score (nSPS) is 14.0. The number of methoxy groups -OCH3 is 1. The second kappa shape index (κ2) is 10.2. The highest BCUT2D eigenvalue weighted by molar-refractivity contribution is 5.98. The zero-order chi connectivity index (χ0) is 24.1. The highest BCUT2D eigenvalue weighted by atomic mass is 16.5. The molecular formula is C26H27N3O5. The molecule has 4 rings (SSSR count). The van der Waals surface area contributed by atoms with E-state index in [1.165, 1.54) is 18.6 Å². The Morgan fingerprint density at radius 2 is 2.09 bits per heavy atom. The largest absolute Gasteiger partial charge is 0.497 e. The number of aromatic amines is 1. The van der Waals surface area contributed by atoms with E-state index >= 15 is 0 Å². The first-order valence-electron chi connectivity index (χ1n) is 11.1. The van der Waals surface area contributed by atoms with Crippen molar-refractivity contribution in [2.75, 3.05) is 20.3 Å². The first-order valence-corrected chi connectivity index (χ1v) is 11.1. The quantitative estimate of drug-likeness (QED) is 0.308. The summed E-state index contributed by atoms with van der Waals surface area (Å²) < 4.78 is 16.6. The minimum absolute atomic E-state index is 0.108. The lowest BCUT2D eigenvalue weighted by molar-refractivity contribution is -0.137. The first-order chi connectivity index (χ1) is 16.5. The van der Waals surface area contributed by atoms with E-state index in [-0.39, 0.29) is 24.0 Å². The minimum atomic E-state index is -0.534. The van der Waals surface area contributed by atoms with Gasteiger partial charge in [-0.15, -0.1) is 0 Å². The maximum atomic E-state index is 12.5. The Bertz CT molecular complexity index is 1270. The maximum absolute atomic E-state index is 12.5. The lowest BCUT2D eigenvalue weighted by Gasteiger charge is -2.32. The van der Waals surface area contributed by atoms with E-state index in [1.807, 2.05) is 35.2 Å². The summed E-state index contributed by atoms with van der Waals surface area (Å²) in [5.41, 5.74) is 3.75. The number of carbonyl (C=O) groups is 2. The number of Topliss-reactive ketones (excluding diaryl/α,β-unsaturated/α-hetero) is 1. The minimum Gasteiger partial charge on any atom is -0.497 e. The number of carbonyl (C=O) groups excluding carboxylic acids is 2. The van der Waals surface area contributed by atoms with Crippen molar-refractivity contribution in [3.63, 3.8) is 0 Å². The molecule has 8 nitrogen and oxygen atoms in total. The molecule has 0 spiro atoms. The van der Waals surface area contributed by atoms with Gasteiger partial charge in [-0.25, -0.2) is 9.78 Å². The molecule has 3 heterocycles. The molecule has 0 radical (unpaired) electrons. The lowest BCUT2D eigenvalue weighted by Crippen LogP contribution is -2.32. The molecule has 1 aliphatic heterocycles. The number of nitrogens with one attached hydrogen (secondary N) is 1. The van der Waals surface area contributed by atoms with Gasteiger partial charge in [0.05, 0.1) is 19.8 Å². The molecule has 2 aromatic heterocycles. The number of rotatable bonds is 8. The number of pyridine rings is 1. The van der Waals surface area contributed by atoms with Crippen LogP contribution in [-0.2, 0) is 32.0 Å². The Balaban J connectivity index is 1.67. The number of allylic oxidation sites excluding steroid dienone is 1. The zero-order valence-electron chi connectivity index (χ0n) is 19.5. The summed E-state index contributed by atoms with van der Waals surface area (Å²) in [7, 11) is 1.63. The number of ether oxygens (including phenoxy) is 3. The van der Waals surface area contributed by atoms with Gasteiger partial charge in [-0.1, -0.05) is 6.07 Å². The summed E-state index contributed by atoms with van der Waals surface area (Å²) in [5.74, 6) is 0.318. The summed E-state index contributed by atoms with van der Waals surface area (Å²) >= 11 is 0. The molecule has 0 atom stereocenters. The van der Waals surface area contributed by atoms with Crippen LogP contribution in [0.1, 0.15) is 30.5 Å². The average Bonchev–Trinajstić information content (AvgIpc) is 3.25. The van der Waals surface area contributed by atoms with Crippen molar-refractivity contribution in [1.82, 2.24) is 14.9 Å². The van der Waals surface area contributed by atoms with Crippen molar-refractivity contribution in [2.45, 2.75) is 26.8 Å². The predicted molar refractivity (Wildman–Crippen MR) is 128 cm³/mol. The van der Waals surface area contributed by atoms with E-state index < -0.39 is 5.97 Å². The van der Waals surface area contributed by atoms with Gasteiger partial charge < -0.3 is 24.1 Å². The van der Waals surface area contributed by atoms with Crippen LogP contribution < -0.4 is 4.74 Å². The van der Waals surface area contributed by atoms with Crippen molar-refractivity contribution in [3.05, 3.63) is 77.1 Å². The number of ketones is 1. The maximum Gasteiger partial charge on any atom is 0.336 e. The molecule has 176 valence electrons. The lowest BCUT2D eigenvalue weighted by atomic mass is 9.99. The van der Waals surface area contributed by atoms with Gasteiger partial charge in [0, 0.05) is 43.4 Å². The molecule has 0 bridgehead atoms. The highest BCUT2D eigenvalue weighted by Crippen LogP contribution is 2.28. The fraction of sp³-hybridized carbons (Fsp3) is 0.269. The van der Waals surface area contributed by atoms with Gasteiger partial charge in [0.1, 0.15) is 11.4 Å². The van der Waals surface area contributed by atoms with Crippen LogP contribution in [0, 0.1) is 0 Å². The van der Waals surface area contributed by atoms with Gasteiger partial charge in [0.2, 0.25) is 5.88 Å². The van der Waals surface area contributed by atoms with Crippen LogP contribution in [0.2, 0.25) is 0 Å². The number of hydrogen-bond donors (Lipinski definition) is 1. The van der Waals surface area contributed by atoms with E-state index in [0.29, 0.717) is 18.7 Å². The molecule has 0 unspecified atom stereocenters. The number of H-pyrrole nitrogens is 1. The molecule has 0 fully saturated rings. The van der Waals surface area contributed by atoms with Gasteiger partial charge in [-0.05, 0) is 54.8 Å². The first kappa shape index (κ1) is 23.1. The van der Waals surface area contributed by atoms with E-state index in [1.54, 1.807) is 32.5 Å². The molecule has 3 aromatic rings. The van der Waals surface area contributed by atoms with E-state index in [0.717, 1.165) is 28.7 Å². The molecule has 34 heavy (non-hydrogen) atoms. The van der Waals surface area contributed by atoms with Crippen LogP contribution in [0.25, 0.3) is 17.1 Å². The van der Waals surface area contributed by atoms with Gasteiger partial charge in [0.25, 0.3) is 0 Å². The Kier molecular flexibility index (Phi) is 6.96. The van der Waals surface area contributed by atoms with E-state index in [4.69, 9.17) is 14.2 Å². The van der Waals surface area contributed by atoms with Gasteiger partial charge in [-0.2, -0.15) is 0 Å². The third-order valence-electron chi connectivity index (χ3n) is 5.60. The monoisotopic (exact) mass is 461 g/mol. The van der Waals surface area contributed by atoms with Crippen LogP contribution in [0.15, 0.2) is 60.4 Å². The fourth-order valence-electron chi connectivity index (χ4n) is 3.87. The summed E-state index contributed by atoms with van der Waals surface area (Å²) in [6, 6.07) is 9.70. The van der Waals surface area contributed by atoms with Crippen LogP contribution in [0.5, 0.6) is 5.75 Å². The molecule has 1 aliphatic rings.